The molecule has 1 unspecified atom stereocenters. The number of hydrogen-bond donors (Lipinski definition) is 1. The number of carbonyl (C=O) groups is 1. The van der Waals surface area contributed by atoms with E-state index >= 15 is 0 Å². The molecule has 2 nitrogen and oxygen atoms in total. The van der Waals surface area contributed by atoms with Gasteiger partial charge in [-0.25, -0.2) is 0 Å². The number of carbonyl (C=O) groups excluding carboxylic acids is 1. The van der Waals surface area contributed by atoms with Crippen molar-refractivity contribution in [3.05, 3.63) is 28.2 Å². The van der Waals surface area contributed by atoms with E-state index in [0.29, 0.717) is 5.56 Å². The maximum Gasteiger partial charge on any atom is 0.255 e. The molecular formula is C13H18BrNOS. The van der Waals surface area contributed by atoms with Crippen molar-refractivity contribution in [2.45, 2.75) is 37.6 Å². The van der Waals surface area contributed by atoms with Crippen LogP contribution in [0.15, 0.2) is 27.6 Å². The van der Waals surface area contributed by atoms with Gasteiger partial charge in [0, 0.05) is 22.5 Å². The lowest BCUT2D eigenvalue weighted by molar-refractivity contribution is 0.0735. The number of benzene rings is 1. The van der Waals surface area contributed by atoms with E-state index in [-0.39, 0.29) is 11.9 Å². The van der Waals surface area contributed by atoms with Gasteiger partial charge in [0.1, 0.15) is 0 Å². The van der Waals surface area contributed by atoms with Crippen LogP contribution in [0.5, 0.6) is 0 Å². The monoisotopic (exact) mass is 315 g/mol. The maximum absolute atomic E-state index is 12.3. The minimum atomic E-state index is 0.0359. The molecule has 0 radical (unpaired) electrons. The summed E-state index contributed by atoms with van der Waals surface area (Å²) < 4.78 is 0.816. The van der Waals surface area contributed by atoms with Crippen molar-refractivity contribution in [3.63, 3.8) is 0 Å². The van der Waals surface area contributed by atoms with E-state index in [2.05, 4.69) is 42.4 Å². The van der Waals surface area contributed by atoms with Gasteiger partial charge in [-0.05, 0) is 47.5 Å². The molecule has 0 aromatic heterocycles. The van der Waals surface area contributed by atoms with E-state index in [4.69, 9.17) is 0 Å². The second-order valence-electron chi connectivity index (χ2n) is 4.22. The van der Waals surface area contributed by atoms with Gasteiger partial charge in [0.2, 0.25) is 0 Å². The third kappa shape index (κ3) is 3.75. The zero-order valence-corrected chi connectivity index (χ0v) is 12.9. The van der Waals surface area contributed by atoms with Crippen molar-refractivity contribution >= 4 is 34.5 Å². The molecule has 1 atom stereocenters. The molecular weight excluding hydrogens is 298 g/mol. The van der Waals surface area contributed by atoms with Gasteiger partial charge in [-0.1, -0.05) is 13.3 Å². The first-order valence-electron chi connectivity index (χ1n) is 5.73. The van der Waals surface area contributed by atoms with Gasteiger partial charge in [0.25, 0.3) is 5.91 Å². The van der Waals surface area contributed by atoms with Crippen molar-refractivity contribution < 1.29 is 4.79 Å². The predicted molar refractivity (Wildman–Crippen MR) is 77.9 cm³/mol. The smallest absolute Gasteiger partial charge is 0.255 e. The summed E-state index contributed by atoms with van der Waals surface area (Å²) in [7, 11) is 1.85. The molecule has 1 aromatic carbocycles. The first-order chi connectivity index (χ1) is 7.97. The van der Waals surface area contributed by atoms with E-state index < -0.39 is 0 Å². The number of nitrogens with zero attached hydrogens (tertiary/aromatic N) is 1. The van der Waals surface area contributed by atoms with Gasteiger partial charge >= 0.3 is 0 Å². The average molecular weight is 316 g/mol. The van der Waals surface area contributed by atoms with Crippen LogP contribution in [0.3, 0.4) is 0 Å². The fraction of sp³-hybridized carbons (Fsp3) is 0.462. The summed E-state index contributed by atoms with van der Waals surface area (Å²) in [5.41, 5.74) is 0.669. The lowest BCUT2D eigenvalue weighted by atomic mass is 10.1. The molecule has 0 heterocycles. The van der Waals surface area contributed by atoms with E-state index in [1.165, 1.54) is 0 Å². The molecule has 1 rings (SSSR count). The minimum absolute atomic E-state index is 0.0359. The highest BCUT2D eigenvalue weighted by Crippen LogP contribution is 2.22. The van der Waals surface area contributed by atoms with E-state index in [1.54, 1.807) is 11.0 Å². The van der Waals surface area contributed by atoms with E-state index in [0.717, 1.165) is 22.2 Å². The number of hydrogen-bond acceptors (Lipinski definition) is 2. The third-order valence-electron chi connectivity index (χ3n) is 2.87. The Morgan fingerprint density at radius 1 is 1.53 bits per heavy atom. The van der Waals surface area contributed by atoms with Crippen molar-refractivity contribution in [1.29, 1.82) is 0 Å². The number of amides is 1. The Morgan fingerprint density at radius 2 is 2.18 bits per heavy atom. The summed E-state index contributed by atoms with van der Waals surface area (Å²) in [6, 6.07) is 5.76. The summed E-state index contributed by atoms with van der Waals surface area (Å²) in [6.07, 6.45) is 2.09. The van der Waals surface area contributed by atoms with Crippen LogP contribution in [0.2, 0.25) is 0 Å². The molecule has 17 heavy (non-hydrogen) atoms. The van der Waals surface area contributed by atoms with Crippen LogP contribution in [-0.4, -0.2) is 23.9 Å². The molecule has 94 valence electrons. The number of halogens is 1. The Bertz CT molecular complexity index is 408. The lowest BCUT2D eigenvalue weighted by Crippen LogP contribution is -2.35. The zero-order chi connectivity index (χ0) is 13.0. The van der Waals surface area contributed by atoms with Crippen LogP contribution in [0.25, 0.3) is 0 Å². The van der Waals surface area contributed by atoms with Gasteiger partial charge in [-0.15, -0.1) is 12.6 Å². The average Bonchev–Trinajstić information content (AvgIpc) is 2.30. The van der Waals surface area contributed by atoms with Crippen LogP contribution in [-0.2, 0) is 0 Å². The molecule has 0 aliphatic heterocycles. The van der Waals surface area contributed by atoms with Crippen LogP contribution >= 0.6 is 28.6 Å². The highest BCUT2D eigenvalue weighted by Gasteiger charge is 2.19. The molecule has 0 N–H and O–H groups in total. The van der Waals surface area contributed by atoms with Crippen LogP contribution in [0, 0.1) is 0 Å². The summed E-state index contributed by atoms with van der Waals surface area (Å²) >= 11 is 7.67. The molecule has 0 aliphatic rings. The van der Waals surface area contributed by atoms with E-state index in [1.807, 2.05) is 19.2 Å². The topological polar surface area (TPSA) is 20.3 Å². The van der Waals surface area contributed by atoms with Gasteiger partial charge in [0.05, 0.1) is 5.56 Å². The maximum atomic E-state index is 12.3. The number of rotatable bonds is 4. The molecule has 1 amide bonds. The Labute approximate surface area is 117 Å². The molecule has 0 saturated carbocycles. The fourth-order valence-electron chi connectivity index (χ4n) is 1.68. The second kappa shape index (κ2) is 6.45. The van der Waals surface area contributed by atoms with Crippen molar-refractivity contribution in [2.75, 3.05) is 7.05 Å². The lowest BCUT2D eigenvalue weighted by Gasteiger charge is -2.25. The SMILES string of the molecule is CCCC(C)N(C)C(=O)c1cc(S)ccc1Br. The predicted octanol–water partition coefficient (Wildman–Crippen LogP) is 4.00. The fourth-order valence-corrected chi connectivity index (χ4v) is 2.30. The highest BCUT2D eigenvalue weighted by atomic mass is 79.9. The third-order valence-corrected chi connectivity index (χ3v) is 3.84. The molecule has 0 spiro atoms. The van der Waals surface area contributed by atoms with Crippen molar-refractivity contribution in [2.24, 2.45) is 0 Å². The summed E-state index contributed by atoms with van der Waals surface area (Å²) in [5, 5.41) is 0. The molecule has 0 bridgehead atoms. The Balaban J connectivity index is 2.92. The Kier molecular flexibility index (Phi) is 5.53. The normalized spacial score (nSPS) is 12.3. The summed E-state index contributed by atoms with van der Waals surface area (Å²) in [6.45, 7) is 4.19. The minimum Gasteiger partial charge on any atom is -0.339 e. The van der Waals surface area contributed by atoms with Crippen molar-refractivity contribution in [3.8, 4) is 0 Å². The Hall–Kier alpha value is -0.480. The molecule has 0 fully saturated rings. The standard InChI is InChI=1S/C13H18BrNOS/c1-4-5-9(2)15(3)13(16)11-8-10(17)6-7-12(11)14/h6-9,17H,4-5H2,1-3H3. The summed E-state index contributed by atoms with van der Waals surface area (Å²) in [5.74, 6) is 0.0359. The van der Waals surface area contributed by atoms with Crippen molar-refractivity contribution in [1.82, 2.24) is 4.90 Å². The number of thiol groups is 1. The van der Waals surface area contributed by atoms with Crippen LogP contribution < -0.4 is 0 Å². The quantitative estimate of drug-likeness (QED) is 0.833. The molecule has 4 heteroatoms. The summed E-state index contributed by atoms with van der Waals surface area (Å²) in [4.78, 5) is 14.9. The van der Waals surface area contributed by atoms with Gasteiger partial charge in [-0.2, -0.15) is 0 Å². The molecule has 1 aromatic rings. The Morgan fingerprint density at radius 3 is 2.76 bits per heavy atom. The second-order valence-corrected chi connectivity index (χ2v) is 5.59. The first kappa shape index (κ1) is 14.6. The van der Waals surface area contributed by atoms with Crippen LogP contribution in [0.1, 0.15) is 37.0 Å². The van der Waals surface area contributed by atoms with Gasteiger partial charge < -0.3 is 4.90 Å². The molecule has 0 aliphatic carbocycles. The van der Waals surface area contributed by atoms with Gasteiger partial charge in [0.15, 0.2) is 0 Å². The molecule has 0 saturated heterocycles. The van der Waals surface area contributed by atoms with Crippen LogP contribution in [0.4, 0.5) is 0 Å². The van der Waals surface area contributed by atoms with E-state index in [9.17, 15) is 4.79 Å². The largest absolute Gasteiger partial charge is 0.339 e. The van der Waals surface area contributed by atoms with Gasteiger partial charge in [-0.3, -0.25) is 4.79 Å². The zero-order valence-electron chi connectivity index (χ0n) is 10.4. The highest BCUT2D eigenvalue weighted by molar-refractivity contribution is 9.10. The first-order valence-corrected chi connectivity index (χ1v) is 6.97.